The molecule has 0 radical (unpaired) electrons. The Kier molecular flexibility index (Phi) is 2.05. The molecule has 1 atom stereocenters. The quantitative estimate of drug-likeness (QED) is 0.563. The van der Waals surface area contributed by atoms with Crippen LogP contribution in [0.25, 0.3) is 0 Å². The summed E-state index contributed by atoms with van der Waals surface area (Å²) in [5, 5.41) is 1.45. The highest BCUT2D eigenvalue weighted by atomic mass is 32.2. The first-order valence-electron chi connectivity index (χ1n) is 3.04. The predicted molar refractivity (Wildman–Crippen MR) is 39.3 cm³/mol. The maximum absolute atomic E-state index is 10.6. The van der Waals surface area contributed by atoms with Crippen LogP contribution in [-0.2, 0) is 15.6 Å². The molecule has 0 aromatic carbocycles. The molecule has 58 valence electrons. The number of hydrogen-bond donors (Lipinski definition) is 0. The normalized spacial score (nSPS) is 25.8. The van der Waals surface area contributed by atoms with Crippen molar-refractivity contribution in [2.24, 2.45) is 10.3 Å². The zero-order chi connectivity index (χ0) is 7.72. The Morgan fingerprint density at radius 1 is 1.70 bits per heavy atom. The molecule has 0 aliphatic carbocycles. The third-order valence-corrected chi connectivity index (χ3v) is 1.87. The zero-order valence-corrected chi connectivity index (χ0v) is 7.01. The summed E-state index contributed by atoms with van der Waals surface area (Å²) in [4.78, 5) is 0. The highest BCUT2D eigenvalue weighted by Gasteiger charge is 2.22. The lowest BCUT2D eigenvalue weighted by Gasteiger charge is -2.11. The van der Waals surface area contributed by atoms with Crippen LogP contribution in [0.4, 0.5) is 0 Å². The third kappa shape index (κ3) is 1.35. The van der Waals surface area contributed by atoms with Crippen molar-refractivity contribution in [2.45, 2.75) is 13.8 Å². The van der Waals surface area contributed by atoms with Gasteiger partial charge < -0.3 is 0 Å². The fraction of sp³-hybridized carbons (Fsp3) is 0.800. The van der Waals surface area contributed by atoms with E-state index in [0.717, 1.165) is 5.84 Å². The molecule has 4 nitrogen and oxygen atoms in total. The zero-order valence-electron chi connectivity index (χ0n) is 6.20. The Bertz CT molecular complexity index is 190. The van der Waals surface area contributed by atoms with E-state index in [4.69, 9.17) is 4.28 Å². The minimum Gasteiger partial charge on any atom is -0.225 e. The molecular formula is C5H10N2O2S. The third-order valence-electron chi connectivity index (χ3n) is 1.18. The Hall–Kier alpha value is -0.420. The van der Waals surface area contributed by atoms with Crippen molar-refractivity contribution in [3.8, 4) is 0 Å². The van der Waals surface area contributed by atoms with Crippen molar-refractivity contribution in [3.63, 3.8) is 0 Å². The number of hydrogen-bond acceptors (Lipinski definition) is 3. The molecular weight excluding hydrogens is 152 g/mol. The average molecular weight is 162 g/mol. The number of rotatable bonds is 1. The SMILES string of the molecule is CC(C)C1=NS(=O)ON1C. The van der Waals surface area contributed by atoms with Gasteiger partial charge in [0.25, 0.3) is 0 Å². The van der Waals surface area contributed by atoms with Gasteiger partial charge in [0.15, 0.2) is 0 Å². The monoisotopic (exact) mass is 162 g/mol. The van der Waals surface area contributed by atoms with Crippen LogP contribution in [0.15, 0.2) is 4.40 Å². The number of amidine groups is 1. The minimum absolute atomic E-state index is 0.261. The van der Waals surface area contributed by atoms with E-state index in [9.17, 15) is 4.21 Å². The molecule has 0 N–H and O–H groups in total. The molecule has 1 rings (SSSR count). The van der Waals surface area contributed by atoms with E-state index in [-0.39, 0.29) is 5.92 Å². The van der Waals surface area contributed by atoms with E-state index in [1.807, 2.05) is 13.8 Å². The topological polar surface area (TPSA) is 41.9 Å². The molecule has 1 heterocycles. The van der Waals surface area contributed by atoms with Crippen molar-refractivity contribution in [3.05, 3.63) is 0 Å². The van der Waals surface area contributed by atoms with Gasteiger partial charge >= 0.3 is 11.3 Å². The smallest absolute Gasteiger partial charge is 0.225 e. The lowest BCUT2D eigenvalue weighted by atomic mass is 10.2. The first kappa shape index (κ1) is 7.68. The first-order chi connectivity index (χ1) is 4.61. The molecule has 5 heteroatoms. The van der Waals surface area contributed by atoms with Crippen LogP contribution < -0.4 is 0 Å². The highest BCUT2D eigenvalue weighted by molar-refractivity contribution is 7.79. The van der Waals surface area contributed by atoms with E-state index in [1.165, 1.54) is 5.06 Å². The molecule has 0 aromatic rings. The summed E-state index contributed by atoms with van der Waals surface area (Å²) in [7, 11) is 1.70. The molecule has 0 saturated carbocycles. The van der Waals surface area contributed by atoms with Gasteiger partial charge in [-0.25, -0.2) is 9.27 Å². The lowest BCUT2D eigenvalue weighted by Crippen LogP contribution is -2.25. The standard InChI is InChI=1S/C5H10N2O2S/c1-4(2)5-6-10(8)9-7(5)3/h4H,1-3H3. The van der Waals surface area contributed by atoms with E-state index in [2.05, 4.69) is 4.40 Å². The second-order valence-corrected chi connectivity index (χ2v) is 3.16. The summed E-state index contributed by atoms with van der Waals surface area (Å²) < 4.78 is 19.1. The van der Waals surface area contributed by atoms with Crippen molar-refractivity contribution in [2.75, 3.05) is 7.05 Å². The molecule has 0 spiro atoms. The molecule has 0 saturated heterocycles. The van der Waals surface area contributed by atoms with Gasteiger partial charge in [-0.1, -0.05) is 13.8 Å². The Balaban J connectivity index is 2.75. The van der Waals surface area contributed by atoms with Crippen LogP contribution in [0.5, 0.6) is 0 Å². The van der Waals surface area contributed by atoms with Crippen LogP contribution in [-0.4, -0.2) is 22.2 Å². The maximum atomic E-state index is 10.6. The van der Waals surface area contributed by atoms with Gasteiger partial charge in [0.05, 0.1) is 0 Å². The fourth-order valence-corrected chi connectivity index (χ4v) is 1.53. The van der Waals surface area contributed by atoms with E-state index in [1.54, 1.807) is 7.05 Å². The van der Waals surface area contributed by atoms with E-state index >= 15 is 0 Å². The van der Waals surface area contributed by atoms with Crippen LogP contribution in [0.3, 0.4) is 0 Å². The summed E-state index contributed by atoms with van der Waals surface area (Å²) in [6.07, 6.45) is 0. The summed E-state index contributed by atoms with van der Waals surface area (Å²) in [5.41, 5.74) is 0. The Labute approximate surface area is 62.6 Å². The van der Waals surface area contributed by atoms with E-state index < -0.39 is 11.3 Å². The molecule has 1 aliphatic heterocycles. The first-order valence-corrected chi connectivity index (χ1v) is 4.07. The minimum atomic E-state index is -1.49. The second kappa shape index (κ2) is 2.67. The van der Waals surface area contributed by atoms with Crippen LogP contribution >= 0.6 is 0 Å². The van der Waals surface area contributed by atoms with E-state index in [0.29, 0.717) is 0 Å². The van der Waals surface area contributed by atoms with Crippen LogP contribution in [0, 0.1) is 5.92 Å². The Morgan fingerprint density at radius 2 is 2.30 bits per heavy atom. The largest absolute Gasteiger partial charge is 0.309 e. The molecule has 0 aromatic heterocycles. The number of nitrogens with zero attached hydrogens (tertiary/aromatic N) is 2. The number of hydroxylamine groups is 2. The summed E-state index contributed by atoms with van der Waals surface area (Å²) in [6.45, 7) is 3.95. The van der Waals surface area contributed by atoms with Gasteiger partial charge in [0.1, 0.15) is 5.84 Å². The Morgan fingerprint density at radius 3 is 2.50 bits per heavy atom. The molecule has 0 fully saturated rings. The lowest BCUT2D eigenvalue weighted by molar-refractivity contribution is 0.0725. The van der Waals surface area contributed by atoms with Gasteiger partial charge in [0, 0.05) is 13.0 Å². The van der Waals surface area contributed by atoms with Crippen molar-refractivity contribution in [1.29, 1.82) is 0 Å². The molecule has 0 bridgehead atoms. The van der Waals surface area contributed by atoms with Gasteiger partial charge in [-0.15, -0.1) is 8.68 Å². The highest BCUT2D eigenvalue weighted by Crippen LogP contribution is 2.11. The van der Waals surface area contributed by atoms with Gasteiger partial charge in [0.2, 0.25) is 0 Å². The molecule has 1 aliphatic rings. The summed E-state index contributed by atoms with van der Waals surface area (Å²) >= 11 is -1.49. The maximum Gasteiger partial charge on any atom is 0.309 e. The second-order valence-electron chi connectivity index (χ2n) is 2.39. The predicted octanol–water partition coefficient (Wildman–Crippen LogP) is 0.497. The fourth-order valence-electron chi connectivity index (χ4n) is 0.753. The molecule has 1 unspecified atom stereocenters. The van der Waals surface area contributed by atoms with Gasteiger partial charge in [-0.05, 0) is 0 Å². The van der Waals surface area contributed by atoms with Crippen LogP contribution in [0.1, 0.15) is 13.8 Å². The molecule has 10 heavy (non-hydrogen) atoms. The van der Waals surface area contributed by atoms with Gasteiger partial charge in [-0.3, -0.25) is 0 Å². The van der Waals surface area contributed by atoms with Crippen molar-refractivity contribution >= 4 is 17.1 Å². The summed E-state index contributed by atoms with van der Waals surface area (Å²) in [6, 6.07) is 0. The molecule has 0 amide bonds. The van der Waals surface area contributed by atoms with Crippen molar-refractivity contribution < 1.29 is 8.49 Å². The van der Waals surface area contributed by atoms with Crippen molar-refractivity contribution in [1.82, 2.24) is 5.06 Å². The van der Waals surface area contributed by atoms with Crippen LogP contribution in [0.2, 0.25) is 0 Å². The summed E-state index contributed by atoms with van der Waals surface area (Å²) in [5.74, 6) is 0.995. The van der Waals surface area contributed by atoms with Gasteiger partial charge in [-0.2, -0.15) is 0 Å². The average Bonchev–Trinajstić information content (AvgIpc) is 2.10.